The third kappa shape index (κ3) is 3.58. The second-order valence-electron chi connectivity index (χ2n) is 8.11. The third-order valence-electron chi connectivity index (χ3n) is 6.04. The molecule has 0 radical (unpaired) electrons. The van der Waals surface area contributed by atoms with Crippen LogP contribution in [0.2, 0.25) is 0 Å². The SMILES string of the molecule is CSNCC(C1CC1)N1Cc2cc(-c3cnc4c(N)nc(C(F)(F)F)cn34)ccc2C1=O. The van der Waals surface area contributed by atoms with Crippen molar-refractivity contribution in [3.8, 4) is 11.3 Å². The molecule has 1 aliphatic carbocycles. The largest absolute Gasteiger partial charge is 0.434 e. The average molecular weight is 463 g/mol. The van der Waals surface area contributed by atoms with Crippen LogP contribution in [0, 0.1) is 5.92 Å². The molecule has 2 aromatic heterocycles. The highest BCUT2D eigenvalue weighted by molar-refractivity contribution is 7.96. The summed E-state index contributed by atoms with van der Waals surface area (Å²) in [6.45, 7) is 1.20. The number of hydrogen-bond acceptors (Lipinski definition) is 6. The van der Waals surface area contributed by atoms with Crippen molar-refractivity contribution in [2.24, 2.45) is 5.92 Å². The number of nitrogen functional groups attached to an aromatic ring is 1. The Kier molecular flexibility index (Phi) is 5.05. The van der Waals surface area contributed by atoms with Gasteiger partial charge in [-0.25, -0.2) is 9.97 Å². The molecule has 5 rings (SSSR count). The van der Waals surface area contributed by atoms with Crippen molar-refractivity contribution in [2.75, 3.05) is 18.5 Å². The number of carbonyl (C=O) groups is 1. The van der Waals surface area contributed by atoms with Crippen molar-refractivity contribution in [3.63, 3.8) is 0 Å². The summed E-state index contributed by atoms with van der Waals surface area (Å²) < 4.78 is 44.3. The average Bonchev–Trinajstić information content (AvgIpc) is 3.41. The molecular weight excluding hydrogens is 441 g/mol. The molecule has 32 heavy (non-hydrogen) atoms. The van der Waals surface area contributed by atoms with Crippen molar-refractivity contribution < 1.29 is 18.0 Å². The highest BCUT2D eigenvalue weighted by Gasteiger charge is 2.41. The molecule has 3 heterocycles. The van der Waals surface area contributed by atoms with Crippen LogP contribution in [0.5, 0.6) is 0 Å². The van der Waals surface area contributed by atoms with Crippen LogP contribution >= 0.6 is 11.9 Å². The number of aromatic nitrogens is 3. The molecule has 1 fully saturated rings. The lowest BCUT2D eigenvalue weighted by Gasteiger charge is -2.27. The zero-order chi connectivity index (χ0) is 22.6. The molecule has 1 unspecified atom stereocenters. The van der Waals surface area contributed by atoms with E-state index in [0.29, 0.717) is 29.3 Å². The minimum Gasteiger partial charge on any atom is -0.381 e. The number of imidazole rings is 1. The van der Waals surface area contributed by atoms with Gasteiger partial charge in [-0.3, -0.25) is 13.9 Å². The molecule has 0 spiro atoms. The number of amides is 1. The number of fused-ring (bicyclic) bond motifs is 2. The first-order chi connectivity index (χ1) is 15.3. The maximum absolute atomic E-state index is 13.2. The second kappa shape index (κ2) is 7.66. The highest BCUT2D eigenvalue weighted by atomic mass is 32.2. The number of nitrogens with one attached hydrogen (secondary N) is 1. The van der Waals surface area contributed by atoms with Crippen LogP contribution in [-0.2, 0) is 12.7 Å². The summed E-state index contributed by atoms with van der Waals surface area (Å²) in [7, 11) is 0. The Morgan fingerprint density at radius 1 is 1.34 bits per heavy atom. The summed E-state index contributed by atoms with van der Waals surface area (Å²) in [5, 5.41) is 0. The Hall–Kier alpha value is -2.79. The first kappa shape index (κ1) is 21.1. The van der Waals surface area contributed by atoms with Gasteiger partial charge in [-0.05, 0) is 42.7 Å². The predicted molar refractivity (Wildman–Crippen MR) is 116 cm³/mol. The lowest BCUT2D eigenvalue weighted by atomic mass is 10.0. The fourth-order valence-electron chi connectivity index (χ4n) is 4.31. The van der Waals surface area contributed by atoms with Crippen LogP contribution in [-0.4, -0.2) is 44.0 Å². The van der Waals surface area contributed by atoms with Gasteiger partial charge in [0.05, 0.1) is 11.9 Å². The van der Waals surface area contributed by atoms with E-state index in [9.17, 15) is 18.0 Å². The maximum Gasteiger partial charge on any atom is 0.434 e. The number of benzene rings is 1. The zero-order valence-electron chi connectivity index (χ0n) is 17.2. The summed E-state index contributed by atoms with van der Waals surface area (Å²) >= 11 is 1.53. The fourth-order valence-corrected chi connectivity index (χ4v) is 4.65. The van der Waals surface area contributed by atoms with Crippen LogP contribution in [0.15, 0.2) is 30.6 Å². The molecule has 1 atom stereocenters. The van der Waals surface area contributed by atoms with Crippen LogP contribution in [0.25, 0.3) is 16.9 Å². The lowest BCUT2D eigenvalue weighted by Crippen LogP contribution is -2.42. The maximum atomic E-state index is 13.2. The van der Waals surface area contributed by atoms with E-state index in [4.69, 9.17) is 5.73 Å². The molecule has 168 valence electrons. The molecule has 2 aliphatic rings. The molecule has 1 aliphatic heterocycles. The summed E-state index contributed by atoms with van der Waals surface area (Å²) in [5.41, 5.74) is 7.40. The van der Waals surface area contributed by atoms with Crippen molar-refractivity contribution >= 4 is 29.3 Å². The van der Waals surface area contributed by atoms with Crippen LogP contribution in [0.4, 0.5) is 19.0 Å². The van der Waals surface area contributed by atoms with E-state index in [2.05, 4.69) is 14.7 Å². The smallest absolute Gasteiger partial charge is 0.381 e. The number of anilines is 1. The number of carbonyl (C=O) groups excluding carboxylic acids is 1. The van der Waals surface area contributed by atoms with Crippen LogP contribution in [0.3, 0.4) is 0 Å². The molecule has 3 aromatic rings. The van der Waals surface area contributed by atoms with Gasteiger partial charge < -0.3 is 10.6 Å². The molecule has 1 saturated carbocycles. The van der Waals surface area contributed by atoms with Gasteiger partial charge in [0, 0.05) is 36.5 Å². The molecular formula is C21H21F3N6OS. The van der Waals surface area contributed by atoms with Gasteiger partial charge >= 0.3 is 6.18 Å². The van der Waals surface area contributed by atoms with Crippen molar-refractivity contribution in [1.29, 1.82) is 0 Å². The molecule has 11 heteroatoms. The summed E-state index contributed by atoms with van der Waals surface area (Å²) in [6, 6.07) is 5.46. The highest BCUT2D eigenvalue weighted by Crippen LogP contribution is 2.39. The van der Waals surface area contributed by atoms with Gasteiger partial charge in [0.1, 0.15) is 0 Å². The van der Waals surface area contributed by atoms with Gasteiger partial charge in [-0.1, -0.05) is 18.0 Å². The quantitative estimate of drug-likeness (QED) is 0.545. The van der Waals surface area contributed by atoms with Gasteiger partial charge in [0.15, 0.2) is 17.2 Å². The molecule has 7 nitrogen and oxygen atoms in total. The minimum atomic E-state index is -4.63. The summed E-state index contributed by atoms with van der Waals surface area (Å²) in [4.78, 5) is 22.6. The molecule has 3 N–H and O–H groups in total. The number of halogens is 3. The monoisotopic (exact) mass is 462 g/mol. The number of nitrogens with zero attached hydrogens (tertiary/aromatic N) is 4. The molecule has 1 aromatic carbocycles. The van der Waals surface area contributed by atoms with E-state index >= 15 is 0 Å². The van der Waals surface area contributed by atoms with Crippen LogP contribution in [0.1, 0.15) is 34.5 Å². The predicted octanol–water partition coefficient (Wildman–Crippen LogP) is 3.60. The fraction of sp³-hybridized carbons (Fsp3) is 0.381. The standard InChI is InChI=1S/C21H21F3N6OS/c1-32-27-8-16(11-2-3-11)30-9-13-6-12(4-5-14(13)20(30)31)15-7-26-19-18(25)28-17(10-29(15)19)21(22,23)24/h4-7,10-11,16,27H,2-3,8-9H2,1H3,(H2,25,28). The van der Waals surface area contributed by atoms with E-state index in [1.165, 1.54) is 22.5 Å². The number of alkyl halides is 3. The number of nitrogens with two attached hydrogens (primary N) is 1. The van der Waals surface area contributed by atoms with Gasteiger partial charge in [-0.2, -0.15) is 13.2 Å². The Morgan fingerprint density at radius 2 is 2.12 bits per heavy atom. The van der Waals surface area contributed by atoms with Crippen molar-refractivity contribution in [3.05, 3.63) is 47.4 Å². The Morgan fingerprint density at radius 3 is 2.81 bits per heavy atom. The Labute approximate surface area is 186 Å². The Bertz CT molecular complexity index is 1210. The summed E-state index contributed by atoms with van der Waals surface area (Å²) in [5.74, 6) is 0.210. The molecule has 1 amide bonds. The lowest BCUT2D eigenvalue weighted by molar-refractivity contribution is -0.141. The van der Waals surface area contributed by atoms with E-state index in [1.54, 1.807) is 12.1 Å². The van der Waals surface area contributed by atoms with Crippen LogP contribution < -0.4 is 10.5 Å². The van der Waals surface area contributed by atoms with E-state index in [-0.39, 0.29) is 23.4 Å². The third-order valence-corrected chi connectivity index (χ3v) is 6.50. The van der Waals surface area contributed by atoms with Crippen molar-refractivity contribution in [1.82, 2.24) is 24.0 Å². The summed E-state index contributed by atoms with van der Waals surface area (Å²) in [6.07, 6.45) is 1.93. The second-order valence-corrected chi connectivity index (χ2v) is 8.81. The van der Waals surface area contributed by atoms with Gasteiger partial charge in [0.2, 0.25) is 0 Å². The zero-order valence-corrected chi connectivity index (χ0v) is 18.0. The van der Waals surface area contributed by atoms with Gasteiger partial charge in [0.25, 0.3) is 5.91 Å². The minimum absolute atomic E-state index is 0.00250. The number of rotatable bonds is 6. The normalized spacial score (nSPS) is 17.2. The topological polar surface area (TPSA) is 88.5 Å². The number of hydrogen-bond donors (Lipinski definition) is 2. The van der Waals surface area contributed by atoms with E-state index in [1.807, 2.05) is 17.2 Å². The van der Waals surface area contributed by atoms with Crippen molar-refractivity contribution in [2.45, 2.75) is 31.6 Å². The first-order valence-corrected chi connectivity index (χ1v) is 11.4. The molecule has 0 saturated heterocycles. The van der Waals surface area contributed by atoms with E-state index in [0.717, 1.165) is 31.1 Å². The molecule has 0 bridgehead atoms. The first-order valence-electron chi connectivity index (χ1n) is 10.2. The Balaban J connectivity index is 1.51. The van der Waals surface area contributed by atoms with E-state index < -0.39 is 11.9 Å². The van der Waals surface area contributed by atoms with Gasteiger partial charge in [-0.15, -0.1) is 0 Å².